The van der Waals surface area contributed by atoms with Crippen LogP contribution in [0, 0.1) is 0 Å². The van der Waals surface area contributed by atoms with E-state index in [1.54, 1.807) is 6.07 Å². The molecule has 0 radical (unpaired) electrons. The summed E-state index contributed by atoms with van der Waals surface area (Å²) >= 11 is 3.40. The zero-order valence-electron chi connectivity index (χ0n) is 10.5. The highest BCUT2D eigenvalue weighted by atomic mass is 79.9. The van der Waals surface area contributed by atoms with Crippen LogP contribution >= 0.6 is 15.9 Å². The van der Waals surface area contributed by atoms with E-state index in [0.717, 1.165) is 4.47 Å². The zero-order chi connectivity index (χ0) is 13.2. The molecule has 1 rings (SSSR count). The van der Waals surface area contributed by atoms with E-state index in [2.05, 4.69) is 29.8 Å². The molecule has 17 heavy (non-hydrogen) atoms. The SMILES string of the molecule is CC(C)c1ccc(OC(C)(C)C(=O)O)c(Br)c1. The van der Waals surface area contributed by atoms with E-state index in [9.17, 15) is 4.79 Å². The summed E-state index contributed by atoms with van der Waals surface area (Å²) in [6.45, 7) is 7.25. The highest BCUT2D eigenvalue weighted by Crippen LogP contribution is 2.31. The Labute approximate surface area is 110 Å². The summed E-state index contributed by atoms with van der Waals surface area (Å²) in [5.41, 5.74) is -0.0562. The van der Waals surface area contributed by atoms with Crippen LogP contribution in [0.2, 0.25) is 0 Å². The molecule has 0 heterocycles. The Bertz CT molecular complexity index is 425. The van der Waals surface area contributed by atoms with Gasteiger partial charge in [0.1, 0.15) is 5.75 Å². The molecule has 1 aromatic rings. The normalized spacial score (nSPS) is 11.6. The van der Waals surface area contributed by atoms with Crippen LogP contribution in [0.3, 0.4) is 0 Å². The van der Waals surface area contributed by atoms with Crippen LogP contribution < -0.4 is 4.74 Å². The minimum Gasteiger partial charge on any atom is -0.478 e. The first-order chi connectivity index (χ1) is 7.74. The topological polar surface area (TPSA) is 46.5 Å². The van der Waals surface area contributed by atoms with Crippen LogP contribution in [0.15, 0.2) is 22.7 Å². The standard InChI is InChI=1S/C13H17BrO3/c1-8(2)9-5-6-11(10(14)7-9)17-13(3,4)12(15)16/h5-8H,1-4H3,(H,15,16). The molecule has 0 aliphatic rings. The van der Waals surface area contributed by atoms with E-state index in [-0.39, 0.29) is 0 Å². The summed E-state index contributed by atoms with van der Waals surface area (Å²) in [5.74, 6) is -0.0213. The Morgan fingerprint density at radius 1 is 1.41 bits per heavy atom. The largest absolute Gasteiger partial charge is 0.478 e. The van der Waals surface area contributed by atoms with Crippen LogP contribution in [-0.2, 0) is 4.79 Å². The van der Waals surface area contributed by atoms with Crippen molar-refractivity contribution in [3.05, 3.63) is 28.2 Å². The monoisotopic (exact) mass is 300 g/mol. The Balaban J connectivity index is 2.98. The predicted octanol–water partition coefficient (Wildman–Crippen LogP) is 3.81. The van der Waals surface area contributed by atoms with Gasteiger partial charge in [-0.1, -0.05) is 19.9 Å². The molecule has 0 unspecified atom stereocenters. The molecule has 1 aromatic carbocycles. The molecule has 0 fully saturated rings. The summed E-state index contributed by atoms with van der Waals surface area (Å²) in [6.07, 6.45) is 0. The second-order valence-electron chi connectivity index (χ2n) is 4.76. The molecule has 4 heteroatoms. The maximum Gasteiger partial charge on any atom is 0.347 e. The lowest BCUT2D eigenvalue weighted by Gasteiger charge is -2.22. The van der Waals surface area contributed by atoms with Gasteiger partial charge in [0.05, 0.1) is 4.47 Å². The molecule has 3 nitrogen and oxygen atoms in total. The van der Waals surface area contributed by atoms with Gasteiger partial charge in [-0.05, 0) is 53.4 Å². The maximum absolute atomic E-state index is 11.0. The number of halogens is 1. The van der Waals surface area contributed by atoms with Crippen molar-refractivity contribution in [3.8, 4) is 5.75 Å². The molecular weight excluding hydrogens is 284 g/mol. The van der Waals surface area contributed by atoms with Gasteiger partial charge in [0, 0.05) is 0 Å². The van der Waals surface area contributed by atoms with Gasteiger partial charge < -0.3 is 9.84 Å². The van der Waals surface area contributed by atoms with E-state index in [0.29, 0.717) is 11.7 Å². The molecule has 0 atom stereocenters. The molecule has 0 aliphatic carbocycles. The summed E-state index contributed by atoms with van der Waals surface area (Å²) in [6, 6.07) is 5.70. The van der Waals surface area contributed by atoms with Gasteiger partial charge in [-0.2, -0.15) is 0 Å². The molecular formula is C13H17BrO3. The first kappa shape index (κ1) is 14.0. The van der Waals surface area contributed by atoms with Gasteiger partial charge in [0.2, 0.25) is 0 Å². The predicted molar refractivity (Wildman–Crippen MR) is 70.6 cm³/mol. The number of benzene rings is 1. The van der Waals surface area contributed by atoms with E-state index in [1.165, 1.54) is 19.4 Å². The number of hydrogen-bond donors (Lipinski definition) is 1. The Hall–Kier alpha value is -1.03. The number of aliphatic carboxylic acids is 1. The van der Waals surface area contributed by atoms with Crippen molar-refractivity contribution in [1.82, 2.24) is 0 Å². The van der Waals surface area contributed by atoms with Crippen LogP contribution in [-0.4, -0.2) is 16.7 Å². The quantitative estimate of drug-likeness (QED) is 0.919. The molecule has 0 aromatic heterocycles. The lowest BCUT2D eigenvalue weighted by molar-refractivity contribution is -0.152. The fourth-order valence-electron chi connectivity index (χ4n) is 1.28. The molecule has 0 bridgehead atoms. The molecule has 94 valence electrons. The highest BCUT2D eigenvalue weighted by Gasteiger charge is 2.30. The smallest absolute Gasteiger partial charge is 0.347 e. The minimum absolute atomic E-state index is 0.424. The Morgan fingerprint density at radius 3 is 2.41 bits per heavy atom. The van der Waals surface area contributed by atoms with Crippen molar-refractivity contribution >= 4 is 21.9 Å². The van der Waals surface area contributed by atoms with Gasteiger partial charge in [-0.25, -0.2) is 4.79 Å². The van der Waals surface area contributed by atoms with Crippen molar-refractivity contribution in [3.63, 3.8) is 0 Å². The summed E-state index contributed by atoms with van der Waals surface area (Å²) < 4.78 is 6.26. The molecule has 0 aliphatic heterocycles. The average Bonchev–Trinajstić information content (AvgIpc) is 2.20. The first-order valence-electron chi connectivity index (χ1n) is 5.46. The van der Waals surface area contributed by atoms with Gasteiger partial charge in [0.25, 0.3) is 0 Å². The number of carboxylic acid groups (broad SMARTS) is 1. The minimum atomic E-state index is -1.23. The molecule has 0 saturated heterocycles. The fraction of sp³-hybridized carbons (Fsp3) is 0.462. The third-order valence-corrected chi connectivity index (χ3v) is 3.12. The third kappa shape index (κ3) is 3.46. The van der Waals surface area contributed by atoms with Gasteiger partial charge in [-0.15, -0.1) is 0 Å². The van der Waals surface area contributed by atoms with Crippen molar-refractivity contribution in [2.24, 2.45) is 0 Å². The second kappa shape index (κ2) is 5.08. The third-order valence-electron chi connectivity index (χ3n) is 2.50. The lowest BCUT2D eigenvalue weighted by Crippen LogP contribution is -2.37. The van der Waals surface area contributed by atoms with Gasteiger partial charge >= 0.3 is 5.97 Å². The van der Waals surface area contributed by atoms with Crippen LogP contribution in [0.25, 0.3) is 0 Å². The molecule has 0 saturated carbocycles. The number of carbonyl (C=O) groups is 1. The van der Waals surface area contributed by atoms with E-state index in [4.69, 9.17) is 9.84 Å². The van der Waals surface area contributed by atoms with E-state index in [1.807, 2.05) is 12.1 Å². The average molecular weight is 301 g/mol. The highest BCUT2D eigenvalue weighted by molar-refractivity contribution is 9.10. The van der Waals surface area contributed by atoms with Gasteiger partial charge in [0.15, 0.2) is 5.60 Å². The van der Waals surface area contributed by atoms with Gasteiger partial charge in [-0.3, -0.25) is 0 Å². The Kier molecular flexibility index (Phi) is 4.20. The first-order valence-corrected chi connectivity index (χ1v) is 6.25. The summed E-state index contributed by atoms with van der Waals surface area (Å²) in [5, 5.41) is 9.00. The summed E-state index contributed by atoms with van der Waals surface area (Å²) in [4.78, 5) is 11.0. The van der Waals surface area contributed by atoms with Crippen LogP contribution in [0.1, 0.15) is 39.2 Å². The number of carboxylic acids is 1. The number of rotatable bonds is 4. The van der Waals surface area contributed by atoms with Crippen LogP contribution in [0.4, 0.5) is 0 Å². The lowest BCUT2D eigenvalue weighted by atomic mass is 10.0. The number of ether oxygens (including phenoxy) is 1. The zero-order valence-corrected chi connectivity index (χ0v) is 12.0. The number of hydrogen-bond acceptors (Lipinski definition) is 2. The van der Waals surface area contributed by atoms with E-state index >= 15 is 0 Å². The Morgan fingerprint density at radius 2 is 2.00 bits per heavy atom. The molecule has 1 N–H and O–H groups in total. The maximum atomic E-state index is 11.0. The van der Waals surface area contributed by atoms with Crippen LogP contribution in [0.5, 0.6) is 5.75 Å². The molecule has 0 spiro atoms. The van der Waals surface area contributed by atoms with Crippen molar-refractivity contribution < 1.29 is 14.6 Å². The van der Waals surface area contributed by atoms with Crippen molar-refractivity contribution in [2.45, 2.75) is 39.2 Å². The summed E-state index contributed by atoms with van der Waals surface area (Å²) in [7, 11) is 0. The second-order valence-corrected chi connectivity index (χ2v) is 5.62. The van der Waals surface area contributed by atoms with Crippen molar-refractivity contribution in [1.29, 1.82) is 0 Å². The van der Waals surface area contributed by atoms with E-state index < -0.39 is 11.6 Å². The molecule has 0 amide bonds. The fourth-order valence-corrected chi connectivity index (χ4v) is 1.75. The van der Waals surface area contributed by atoms with Crippen molar-refractivity contribution in [2.75, 3.05) is 0 Å².